The summed E-state index contributed by atoms with van der Waals surface area (Å²) in [5.41, 5.74) is 3.85. The Labute approximate surface area is 193 Å². The second-order valence-electron chi connectivity index (χ2n) is 8.21. The van der Waals surface area contributed by atoms with Gasteiger partial charge in [-0.05, 0) is 67.6 Å². The minimum absolute atomic E-state index is 0.369. The van der Waals surface area contributed by atoms with E-state index in [0.717, 1.165) is 0 Å². The fraction of sp³-hybridized carbons (Fsp3) is 0.133. The molecule has 0 saturated carbocycles. The molecule has 4 aromatic carbocycles. The zero-order chi connectivity index (χ0) is 22.3. The Balaban J connectivity index is 1.90. The van der Waals surface area contributed by atoms with Crippen LogP contribution in [0.5, 0.6) is 0 Å². The molecule has 0 aliphatic carbocycles. The Hall–Kier alpha value is -2.99. The molecular formula is C30H30NP. The predicted molar refractivity (Wildman–Crippen MR) is 142 cm³/mol. The molecule has 0 radical (unpaired) electrons. The molecule has 32 heavy (non-hydrogen) atoms. The van der Waals surface area contributed by atoms with Crippen molar-refractivity contribution >= 4 is 29.9 Å². The maximum Gasteiger partial charge on any atom is 0.0314 e. The van der Waals surface area contributed by atoms with E-state index in [0.29, 0.717) is 6.04 Å². The largest absolute Gasteiger partial charge is 0.303 e. The van der Waals surface area contributed by atoms with Gasteiger partial charge in [-0.1, -0.05) is 115 Å². The van der Waals surface area contributed by atoms with Gasteiger partial charge in [0.2, 0.25) is 0 Å². The van der Waals surface area contributed by atoms with Gasteiger partial charge in [0.15, 0.2) is 0 Å². The Bertz CT molecular complexity index is 1110. The van der Waals surface area contributed by atoms with Gasteiger partial charge in [0.25, 0.3) is 0 Å². The summed E-state index contributed by atoms with van der Waals surface area (Å²) in [6.45, 7) is 2.25. The second-order valence-corrected chi connectivity index (χ2v) is 10.4. The molecule has 4 rings (SSSR count). The van der Waals surface area contributed by atoms with Crippen LogP contribution in [0, 0.1) is 0 Å². The second kappa shape index (κ2) is 10.6. The third kappa shape index (κ3) is 5.25. The van der Waals surface area contributed by atoms with Gasteiger partial charge in [-0.15, -0.1) is 0 Å². The molecule has 0 heterocycles. The van der Waals surface area contributed by atoms with Crippen LogP contribution < -0.4 is 10.6 Å². The van der Waals surface area contributed by atoms with Crippen molar-refractivity contribution in [3.05, 3.63) is 132 Å². The SMILES string of the molecule is C[C@@H](c1cccc(/C=C(\c2ccccc2)P(c2ccccc2)c2ccccc2)c1)N(C)C. The molecule has 0 spiro atoms. The Morgan fingerprint density at radius 3 is 1.75 bits per heavy atom. The summed E-state index contributed by atoms with van der Waals surface area (Å²) in [6, 6.07) is 42.0. The van der Waals surface area contributed by atoms with Crippen LogP contribution in [0.25, 0.3) is 11.4 Å². The molecule has 0 amide bonds. The zero-order valence-electron chi connectivity index (χ0n) is 19.0. The lowest BCUT2D eigenvalue weighted by molar-refractivity contribution is 0.321. The van der Waals surface area contributed by atoms with Crippen LogP contribution in [0.15, 0.2) is 115 Å². The van der Waals surface area contributed by atoms with E-state index >= 15 is 0 Å². The fourth-order valence-corrected chi connectivity index (χ4v) is 6.31. The van der Waals surface area contributed by atoms with Crippen molar-refractivity contribution in [2.24, 2.45) is 0 Å². The van der Waals surface area contributed by atoms with E-state index in [1.54, 1.807) is 0 Å². The highest BCUT2D eigenvalue weighted by Crippen LogP contribution is 2.49. The first kappa shape index (κ1) is 22.2. The molecule has 0 fully saturated rings. The van der Waals surface area contributed by atoms with Crippen LogP contribution in [-0.2, 0) is 0 Å². The highest BCUT2D eigenvalue weighted by atomic mass is 31.1. The van der Waals surface area contributed by atoms with Crippen molar-refractivity contribution in [3.63, 3.8) is 0 Å². The molecule has 2 heteroatoms. The van der Waals surface area contributed by atoms with Gasteiger partial charge in [-0.3, -0.25) is 0 Å². The van der Waals surface area contributed by atoms with Gasteiger partial charge in [0.05, 0.1) is 0 Å². The lowest BCUT2D eigenvalue weighted by atomic mass is 10.0. The van der Waals surface area contributed by atoms with E-state index in [9.17, 15) is 0 Å². The Morgan fingerprint density at radius 2 is 1.22 bits per heavy atom. The summed E-state index contributed by atoms with van der Waals surface area (Å²) < 4.78 is 0. The van der Waals surface area contributed by atoms with E-state index < -0.39 is 7.92 Å². The fourth-order valence-electron chi connectivity index (χ4n) is 3.83. The number of hydrogen-bond donors (Lipinski definition) is 0. The molecule has 0 aliphatic heterocycles. The molecule has 1 nitrogen and oxygen atoms in total. The molecule has 0 aromatic heterocycles. The summed E-state index contributed by atoms with van der Waals surface area (Å²) in [5.74, 6) is 0. The van der Waals surface area contributed by atoms with Crippen molar-refractivity contribution in [2.45, 2.75) is 13.0 Å². The van der Waals surface area contributed by atoms with Gasteiger partial charge < -0.3 is 4.90 Å². The minimum atomic E-state index is -0.701. The molecule has 0 aliphatic rings. The third-order valence-electron chi connectivity index (χ3n) is 5.81. The van der Waals surface area contributed by atoms with Crippen molar-refractivity contribution in [1.82, 2.24) is 4.90 Å². The molecule has 1 atom stereocenters. The average Bonchev–Trinajstić information content (AvgIpc) is 2.85. The topological polar surface area (TPSA) is 3.24 Å². The van der Waals surface area contributed by atoms with Crippen molar-refractivity contribution in [2.75, 3.05) is 14.1 Å². The first-order valence-corrected chi connectivity index (χ1v) is 12.4. The monoisotopic (exact) mass is 435 g/mol. The van der Waals surface area contributed by atoms with Crippen molar-refractivity contribution < 1.29 is 0 Å². The molecular weight excluding hydrogens is 405 g/mol. The quantitative estimate of drug-likeness (QED) is 0.224. The van der Waals surface area contributed by atoms with Gasteiger partial charge in [0.1, 0.15) is 0 Å². The standard InChI is InChI=1S/C30H30NP/c1-24(31(2)3)27-17-13-14-25(22-27)23-30(26-15-7-4-8-16-26)32(28-18-9-5-10-19-28)29-20-11-6-12-21-29/h4-24H,1-3H3/b30-23+/t24-/m0/s1. The minimum Gasteiger partial charge on any atom is -0.303 e. The molecule has 0 N–H and O–H groups in total. The third-order valence-corrected chi connectivity index (χ3v) is 8.31. The predicted octanol–water partition coefficient (Wildman–Crippen LogP) is 6.94. The number of benzene rings is 4. The number of nitrogens with zero attached hydrogens (tertiary/aromatic N) is 1. The maximum atomic E-state index is 2.40. The average molecular weight is 436 g/mol. The van der Waals surface area contributed by atoms with E-state index in [2.05, 4.69) is 147 Å². The lowest BCUT2D eigenvalue weighted by Crippen LogP contribution is -2.16. The van der Waals surface area contributed by atoms with Crippen LogP contribution in [0.2, 0.25) is 0 Å². The summed E-state index contributed by atoms with van der Waals surface area (Å²) in [7, 11) is 3.56. The smallest absolute Gasteiger partial charge is 0.0314 e. The van der Waals surface area contributed by atoms with Gasteiger partial charge in [-0.25, -0.2) is 0 Å². The number of hydrogen-bond acceptors (Lipinski definition) is 1. The first-order chi connectivity index (χ1) is 15.6. The zero-order valence-corrected chi connectivity index (χ0v) is 19.9. The number of rotatable bonds is 7. The van der Waals surface area contributed by atoms with Crippen molar-refractivity contribution in [1.29, 1.82) is 0 Å². The summed E-state index contributed by atoms with van der Waals surface area (Å²) in [4.78, 5) is 2.25. The molecule has 0 bridgehead atoms. The molecule has 160 valence electrons. The molecule has 0 unspecified atom stereocenters. The van der Waals surface area contributed by atoms with Crippen LogP contribution in [0.1, 0.15) is 29.7 Å². The summed E-state index contributed by atoms with van der Waals surface area (Å²) >= 11 is 0. The maximum absolute atomic E-state index is 2.40. The Kier molecular flexibility index (Phi) is 7.32. The van der Waals surface area contributed by atoms with E-state index in [1.807, 2.05) is 0 Å². The first-order valence-electron chi connectivity index (χ1n) is 11.1. The lowest BCUT2D eigenvalue weighted by Gasteiger charge is -2.24. The highest BCUT2D eigenvalue weighted by Gasteiger charge is 2.20. The highest BCUT2D eigenvalue weighted by molar-refractivity contribution is 7.82. The normalized spacial score (nSPS) is 12.8. The summed E-state index contributed by atoms with van der Waals surface area (Å²) in [5, 5.41) is 4.09. The van der Waals surface area contributed by atoms with Crippen LogP contribution >= 0.6 is 7.92 Å². The van der Waals surface area contributed by atoms with E-state index in [1.165, 1.54) is 32.6 Å². The van der Waals surface area contributed by atoms with Crippen LogP contribution in [-0.4, -0.2) is 19.0 Å². The van der Waals surface area contributed by atoms with Crippen LogP contribution in [0.4, 0.5) is 0 Å². The van der Waals surface area contributed by atoms with E-state index in [4.69, 9.17) is 0 Å². The van der Waals surface area contributed by atoms with Gasteiger partial charge in [0, 0.05) is 6.04 Å². The van der Waals surface area contributed by atoms with E-state index in [-0.39, 0.29) is 0 Å². The van der Waals surface area contributed by atoms with Gasteiger partial charge in [-0.2, -0.15) is 0 Å². The van der Waals surface area contributed by atoms with Crippen LogP contribution in [0.3, 0.4) is 0 Å². The Morgan fingerprint density at radius 1 is 0.688 bits per heavy atom. The van der Waals surface area contributed by atoms with Crippen molar-refractivity contribution in [3.8, 4) is 0 Å². The molecule has 0 saturated heterocycles. The molecule has 4 aromatic rings. The summed E-state index contributed by atoms with van der Waals surface area (Å²) in [6.07, 6.45) is 2.40. The van der Waals surface area contributed by atoms with Gasteiger partial charge >= 0.3 is 0 Å².